The first-order valence-corrected chi connectivity index (χ1v) is 7.27. The maximum absolute atomic E-state index is 6.12. The van der Waals surface area contributed by atoms with Crippen molar-refractivity contribution in [3.05, 3.63) is 0 Å². The zero-order valence-corrected chi connectivity index (χ0v) is 11.5. The zero-order chi connectivity index (χ0) is 12.3. The summed E-state index contributed by atoms with van der Waals surface area (Å²) in [7, 11) is 0. The minimum Gasteiger partial charge on any atom is -0.378 e. The Labute approximate surface area is 106 Å². The van der Waals surface area contributed by atoms with Gasteiger partial charge < -0.3 is 10.5 Å². The van der Waals surface area contributed by atoms with Gasteiger partial charge in [0.2, 0.25) is 0 Å². The lowest BCUT2D eigenvalue weighted by molar-refractivity contribution is -0.0748. The highest BCUT2D eigenvalue weighted by atomic mass is 16.5. The topological polar surface area (TPSA) is 38.5 Å². The molecule has 2 aliphatic rings. The van der Waals surface area contributed by atoms with Crippen LogP contribution in [0.15, 0.2) is 0 Å². The molecule has 0 aromatic heterocycles. The van der Waals surface area contributed by atoms with Crippen molar-refractivity contribution in [1.82, 2.24) is 4.90 Å². The van der Waals surface area contributed by atoms with Gasteiger partial charge in [-0.3, -0.25) is 4.90 Å². The van der Waals surface area contributed by atoms with Gasteiger partial charge in [0, 0.05) is 25.2 Å². The highest BCUT2D eigenvalue weighted by molar-refractivity contribution is 4.97. The minimum absolute atomic E-state index is 0.228. The van der Waals surface area contributed by atoms with Crippen LogP contribution in [0.3, 0.4) is 0 Å². The van der Waals surface area contributed by atoms with Gasteiger partial charge in [-0.1, -0.05) is 13.3 Å². The minimum atomic E-state index is 0.228. The van der Waals surface area contributed by atoms with Gasteiger partial charge in [0.05, 0.1) is 6.10 Å². The molecule has 3 atom stereocenters. The van der Waals surface area contributed by atoms with E-state index in [-0.39, 0.29) is 5.54 Å². The van der Waals surface area contributed by atoms with E-state index in [0.29, 0.717) is 6.10 Å². The largest absolute Gasteiger partial charge is 0.378 e. The average Bonchev–Trinajstić information content (AvgIpc) is 2.38. The van der Waals surface area contributed by atoms with Crippen molar-refractivity contribution >= 4 is 0 Å². The number of rotatable bonds is 3. The van der Waals surface area contributed by atoms with Crippen LogP contribution in [0.2, 0.25) is 0 Å². The molecule has 2 N–H and O–H groups in total. The Balaban J connectivity index is 2.05. The molecule has 3 heteroatoms. The quantitative estimate of drug-likeness (QED) is 0.820. The van der Waals surface area contributed by atoms with E-state index in [1.165, 1.54) is 32.4 Å². The van der Waals surface area contributed by atoms with Crippen LogP contribution >= 0.6 is 0 Å². The van der Waals surface area contributed by atoms with Crippen LogP contribution in [-0.2, 0) is 4.74 Å². The molecule has 2 rings (SSSR count). The molecule has 0 aromatic carbocycles. The van der Waals surface area contributed by atoms with Crippen molar-refractivity contribution in [3.63, 3.8) is 0 Å². The third kappa shape index (κ3) is 2.83. The first kappa shape index (κ1) is 13.3. The van der Waals surface area contributed by atoms with E-state index in [9.17, 15) is 0 Å². The van der Waals surface area contributed by atoms with Crippen LogP contribution < -0.4 is 5.73 Å². The number of nitrogens with two attached hydrogens (primary N) is 1. The molecule has 3 unspecified atom stereocenters. The van der Waals surface area contributed by atoms with Crippen molar-refractivity contribution in [2.45, 2.75) is 57.6 Å². The number of hydrogen-bond acceptors (Lipinski definition) is 3. The SMILES string of the molecule is CCC1CCCN(C2(CN)CCOC(C)C2)C1. The second-order valence-electron chi connectivity index (χ2n) is 5.93. The predicted molar refractivity (Wildman–Crippen MR) is 71.0 cm³/mol. The van der Waals surface area contributed by atoms with E-state index in [1.54, 1.807) is 0 Å². The fraction of sp³-hybridized carbons (Fsp3) is 1.00. The lowest BCUT2D eigenvalue weighted by atomic mass is 9.82. The van der Waals surface area contributed by atoms with E-state index < -0.39 is 0 Å². The van der Waals surface area contributed by atoms with Crippen molar-refractivity contribution in [2.75, 3.05) is 26.2 Å². The van der Waals surface area contributed by atoms with Gasteiger partial charge in [-0.05, 0) is 45.1 Å². The number of piperidine rings is 1. The van der Waals surface area contributed by atoms with Gasteiger partial charge in [-0.15, -0.1) is 0 Å². The molecule has 0 aliphatic carbocycles. The van der Waals surface area contributed by atoms with E-state index in [4.69, 9.17) is 10.5 Å². The highest BCUT2D eigenvalue weighted by Gasteiger charge is 2.41. The van der Waals surface area contributed by atoms with Crippen LogP contribution in [0.1, 0.15) is 46.0 Å². The van der Waals surface area contributed by atoms with E-state index >= 15 is 0 Å². The van der Waals surface area contributed by atoms with Gasteiger partial charge >= 0.3 is 0 Å². The van der Waals surface area contributed by atoms with Gasteiger partial charge in [0.25, 0.3) is 0 Å². The van der Waals surface area contributed by atoms with Crippen LogP contribution in [0.4, 0.5) is 0 Å². The molecule has 0 amide bonds. The summed E-state index contributed by atoms with van der Waals surface area (Å²) in [6, 6.07) is 0. The van der Waals surface area contributed by atoms with Gasteiger partial charge in [0.1, 0.15) is 0 Å². The maximum Gasteiger partial charge on any atom is 0.0565 e. The van der Waals surface area contributed by atoms with Gasteiger partial charge in [0.15, 0.2) is 0 Å². The molecular formula is C14H28N2O. The van der Waals surface area contributed by atoms with Crippen molar-refractivity contribution in [3.8, 4) is 0 Å². The molecule has 2 saturated heterocycles. The molecular weight excluding hydrogens is 212 g/mol. The predicted octanol–water partition coefficient (Wildman–Crippen LogP) is 2.00. The first-order valence-electron chi connectivity index (χ1n) is 7.27. The smallest absolute Gasteiger partial charge is 0.0565 e. The van der Waals surface area contributed by atoms with Crippen molar-refractivity contribution in [2.24, 2.45) is 11.7 Å². The fourth-order valence-corrected chi connectivity index (χ4v) is 3.58. The highest BCUT2D eigenvalue weighted by Crippen LogP contribution is 2.34. The molecule has 2 fully saturated rings. The Hall–Kier alpha value is -0.120. The standard InChI is InChI=1S/C14H28N2O/c1-3-13-5-4-7-16(10-13)14(11-15)6-8-17-12(2)9-14/h12-13H,3-11,15H2,1-2H3. The summed E-state index contributed by atoms with van der Waals surface area (Å²) in [5, 5.41) is 0. The summed E-state index contributed by atoms with van der Waals surface area (Å²) in [6.45, 7) is 8.66. The number of ether oxygens (including phenoxy) is 1. The molecule has 0 bridgehead atoms. The maximum atomic E-state index is 6.12. The van der Waals surface area contributed by atoms with Crippen LogP contribution in [0, 0.1) is 5.92 Å². The second-order valence-corrected chi connectivity index (χ2v) is 5.93. The summed E-state index contributed by atoms with van der Waals surface area (Å²) in [4.78, 5) is 2.68. The summed E-state index contributed by atoms with van der Waals surface area (Å²) < 4.78 is 5.70. The van der Waals surface area contributed by atoms with Crippen LogP contribution in [-0.4, -0.2) is 42.8 Å². The van der Waals surface area contributed by atoms with E-state index in [0.717, 1.165) is 31.9 Å². The number of hydrogen-bond donors (Lipinski definition) is 1. The monoisotopic (exact) mass is 240 g/mol. The fourth-order valence-electron chi connectivity index (χ4n) is 3.58. The average molecular weight is 240 g/mol. The Morgan fingerprint density at radius 2 is 2.29 bits per heavy atom. The molecule has 0 aromatic rings. The molecule has 2 heterocycles. The Bertz CT molecular complexity index is 246. The molecule has 100 valence electrons. The summed E-state index contributed by atoms with van der Waals surface area (Å²) >= 11 is 0. The lowest BCUT2D eigenvalue weighted by Gasteiger charge is -2.50. The summed E-state index contributed by atoms with van der Waals surface area (Å²) in [5.41, 5.74) is 6.35. The van der Waals surface area contributed by atoms with E-state index in [2.05, 4.69) is 18.7 Å². The Morgan fingerprint density at radius 1 is 1.47 bits per heavy atom. The Kier molecular flexibility index (Phi) is 4.45. The number of nitrogens with zero attached hydrogens (tertiary/aromatic N) is 1. The molecule has 3 nitrogen and oxygen atoms in total. The van der Waals surface area contributed by atoms with Crippen LogP contribution in [0.25, 0.3) is 0 Å². The van der Waals surface area contributed by atoms with Crippen molar-refractivity contribution in [1.29, 1.82) is 0 Å². The normalized spacial score (nSPS) is 40.4. The third-order valence-electron chi connectivity index (χ3n) is 4.78. The molecule has 17 heavy (non-hydrogen) atoms. The van der Waals surface area contributed by atoms with Crippen LogP contribution in [0.5, 0.6) is 0 Å². The van der Waals surface area contributed by atoms with Crippen molar-refractivity contribution < 1.29 is 4.74 Å². The molecule has 0 radical (unpaired) electrons. The number of likely N-dealkylation sites (tertiary alicyclic amines) is 1. The second kappa shape index (κ2) is 5.68. The van der Waals surface area contributed by atoms with Gasteiger partial charge in [-0.25, -0.2) is 0 Å². The summed E-state index contributed by atoms with van der Waals surface area (Å²) in [5.74, 6) is 0.880. The lowest BCUT2D eigenvalue weighted by Crippen LogP contribution is -2.60. The van der Waals surface area contributed by atoms with Gasteiger partial charge in [-0.2, -0.15) is 0 Å². The summed E-state index contributed by atoms with van der Waals surface area (Å²) in [6.07, 6.45) is 6.65. The molecule has 0 spiro atoms. The van der Waals surface area contributed by atoms with E-state index in [1.807, 2.05) is 0 Å². The molecule has 0 saturated carbocycles. The first-order chi connectivity index (χ1) is 8.20. The Morgan fingerprint density at radius 3 is 2.94 bits per heavy atom. The zero-order valence-electron chi connectivity index (χ0n) is 11.5. The third-order valence-corrected chi connectivity index (χ3v) is 4.78. The molecule has 2 aliphatic heterocycles.